The van der Waals surface area contributed by atoms with Crippen molar-refractivity contribution in [2.45, 2.75) is 39.5 Å². The lowest BCUT2D eigenvalue weighted by molar-refractivity contribution is 0.242. The van der Waals surface area contributed by atoms with Crippen molar-refractivity contribution >= 4 is 21.6 Å². The SMILES string of the molecule is CC(C)Nc1ccc(Br)cc1CN(Cc1ccccn1)Cc1ccccn1. The lowest BCUT2D eigenvalue weighted by Crippen LogP contribution is -2.24. The molecule has 0 saturated heterocycles. The molecule has 140 valence electrons. The summed E-state index contributed by atoms with van der Waals surface area (Å²) < 4.78 is 1.09. The molecule has 0 unspecified atom stereocenters. The fourth-order valence-electron chi connectivity index (χ4n) is 3.00. The number of hydrogen-bond donors (Lipinski definition) is 1. The third kappa shape index (κ3) is 6.15. The quantitative estimate of drug-likeness (QED) is 0.535. The van der Waals surface area contributed by atoms with Crippen molar-refractivity contribution in [2.24, 2.45) is 0 Å². The molecule has 0 atom stereocenters. The number of aromatic nitrogens is 2. The third-order valence-corrected chi connectivity index (χ3v) is 4.62. The van der Waals surface area contributed by atoms with Crippen LogP contribution in [0.5, 0.6) is 0 Å². The van der Waals surface area contributed by atoms with Gasteiger partial charge in [-0.05, 0) is 61.9 Å². The zero-order valence-electron chi connectivity index (χ0n) is 15.8. The Morgan fingerprint density at radius 1 is 0.889 bits per heavy atom. The van der Waals surface area contributed by atoms with Crippen LogP contribution in [-0.2, 0) is 19.6 Å². The Kier molecular flexibility index (Phi) is 6.96. The van der Waals surface area contributed by atoms with Gasteiger partial charge in [0.05, 0.1) is 11.4 Å². The van der Waals surface area contributed by atoms with Gasteiger partial charge in [-0.25, -0.2) is 0 Å². The summed E-state index contributed by atoms with van der Waals surface area (Å²) in [4.78, 5) is 11.4. The second kappa shape index (κ2) is 9.62. The van der Waals surface area contributed by atoms with Crippen LogP contribution in [0, 0.1) is 0 Å². The van der Waals surface area contributed by atoms with Crippen molar-refractivity contribution in [3.63, 3.8) is 0 Å². The highest BCUT2D eigenvalue weighted by atomic mass is 79.9. The van der Waals surface area contributed by atoms with Crippen molar-refractivity contribution < 1.29 is 0 Å². The second-order valence-corrected chi connectivity index (χ2v) is 7.80. The predicted octanol–water partition coefficient (Wildman–Crippen LogP) is 5.26. The Balaban J connectivity index is 1.85. The number of hydrogen-bond acceptors (Lipinski definition) is 4. The van der Waals surface area contributed by atoms with Gasteiger partial charge in [0, 0.05) is 48.2 Å². The van der Waals surface area contributed by atoms with Crippen molar-refractivity contribution in [3.05, 3.63) is 88.4 Å². The van der Waals surface area contributed by atoms with E-state index in [-0.39, 0.29) is 0 Å². The van der Waals surface area contributed by atoms with Gasteiger partial charge in [0.2, 0.25) is 0 Å². The summed E-state index contributed by atoms with van der Waals surface area (Å²) in [7, 11) is 0. The van der Waals surface area contributed by atoms with Crippen LogP contribution in [-0.4, -0.2) is 20.9 Å². The van der Waals surface area contributed by atoms with Gasteiger partial charge in [-0.2, -0.15) is 0 Å². The maximum Gasteiger partial charge on any atom is 0.0544 e. The first kappa shape index (κ1) is 19.5. The molecule has 1 N–H and O–H groups in total. The molecule has 0 bridgehead atoms. The van der Waals surface area contributed by atoms with Gasteiger partial charge < -0.3 is 5.32 Å². The molecular weight excluding hydrogens is 400 g/mol. The van der Waals surface area contributed by atoms with Crippen molar-refractivity contribution in [1.29, 1.82) is 0 Å². The molecule has 2 heterocycles. The summed E-state index contributed by atoms with van der Waals surface area (Å²) in [5, 5.41) is 3.55. The van der Waals surface area contributed by atoms with E-state index in [1.54, 1.807) is 0 Å². The lowest BCUT2D eigenvalue weighted by atomic mass is 10.1. The van der Waals surface area contributed by atoms with E-state index in [2.05, 4.69) is 80.3 Å². The van der Waals surface area contributed by atoms with Crippen LogP contribution in [0.15, 0.2) is 71.5 Å². The molecule has 1 aromatic carbocycles. The Morgan fingerprint density at radius 2 is 1.52 bits per heavy atom. The van der Waals surface area contributed by atoms with Crippen LogP contribution in [0.4, 0.5) is 5.69 Å². The number of rotatable bonds is 8. The van der Waals surface area contributed by atoms with E-state index in [0.29, 0.717) is 6.04 Å². The minimum Gasteiger partial charge on any atom is -0.383 e. The molecule has 27 heavy (non-hydrogen) atoms. The highest BCUT2D eigenvalue weighted by molar-refractivity contribution is 9.10. The largest absolute Gasteiger partial charge is 0.383 e. The van der Waals surface area contributed by atoms with Crippen LogP contribution >= 0.6 is 15.9 Å². The van der Waals surface area contributed by atoms with Gasteiger partial charge in [0.25, 0.3) is 0 Å². The number of halogens is 1. The van der Waals surface area contributed by atoms with E-state index in [4.69, 9.17) is 0 Å². The van der Waals surface area contributed by atoms with Gasteiger partial charge in [-0.15, -0.1) is 0 Å². The third-order valence-electron chi connectivity index (χ3n) is 4.13. The highest BCUT2D eigenvalue weighted by Gasteiger charge is 2.13. The molecule has 3 rings (SSSR count). The summed E-state index contributed by atoms with van der Waals surface area (Å²) in [5.74, 6) is 0. The Hall–Kier alpha value is -2.24. The Bertz CT molecular complexity index is 796. The van der Waals surface area contributed by atoms with Gasteiger partial charge in [0.1, 0.15) is 0 Å². The molecule has 3 aromatic rings. The van der Waals surface area contributed by atoms with Crippen molar-refractivity contribution in [1.82, 2.24) is 14.9 Å². The number of nitrogens with zero attached hydrogens (tertiary/aromatic N) is 3. The normalized spacial score (nSPS) is 11.1. The first-order valence-electron chi connectivity index (χ1n) is 9.17. The second-order valence-electron chi connectivity index (χ2n) is 6.89. The zero-order chi connectivity index (χ0) is 19.1. The molecule has 0 radical (unpaired) electrons. The first-order valence-corrected chi connectivity index (χ1v) is 9.96. The standard InChI is InChI=1S/C22H25BrN4/c1-17(2)26-22-10-9-19(23)13-18(22)14-27(15-20-7-3-5-11-24-20)16-21-8-4-6-12-25-21/h3-13,17,26H,14-16H2,1-2H3. The predicted molar refractivity (Wildman–Crippen MR) is 114 cm³/mol. The molecule has 0 saturated carbocycles. The molecule has 0 aliphatic heterocycles. The number of nitrogens with one attached hydrogen (secondary N) is 1. The summed E-state index contributed by atoms with van der Waals surface area (Å²) >= 11 is 3.62. The molecule has 0 spiro atoms. The van der Waals surface area contributed by atoms with E-state index in [1.165, 1.54) is 11.3 Å². The molecule has 0 aliphatic carbocycles. The Labute approximate surface area is 169 Å². The van der Waals surface area contributed by atoms with Gasteiger partial charge >= 0.3 is 0 Å². The first-order chi connectivity index (χ1) is 13.1. The molecule has 0 aliphatic rings. The topological polar surface area (TPSA) is 41.0 Å². The highest BCUT2D eigenvalue weighted by Crippen LogP contribution is 2.24. The van der Waals surface area contributed by atoms with Crippen molar-refractivity contribution in [3.8, 4) is 0 Å². The average Bonchev–Trinajstić information content (AvgIpc) is 2.65. The molecular formula is C22H25BrN4. The van der Waals surface area contributed by atoms with Gasteiger partial charge in [0.15, 0.2) is 0 Å². The maximum atomic E-state index is 4.50. The fourth-order valence-corrected chi connectivity index (χ4v) is 3.40. The zero-order valence-corrected chi connectivity index (χ0v) is 17.4. The molecule has 0 amide bonds. The number of anilines is 1. The molecule has 4 nitrogen and oxygen atoms in total. The van der Waals surface area contributed by atoms with E-state index in [0.717, 1.165) is 35.5 Å². The van der Waals surface area contributed by atoms with E-state index in [9.17, 15) is 0 Å². The van der Waals surface area contributed by atoms with Gasteiger partial charge in [-0.3, -0.25) is 14.9 Å². The summed E-state index contributed by atoms with van der Waals surface area (Å²) in [5.41, 5.74) is 4.54. The van der Waals surface area contributed by atoms with Crippen LogP contribution < -0.4 is 5.32 Å². The average molecular weight is 425 g/mol. The number of benzene rings is 1. The molecule has 2 aromatic heterocycles. The van der Waals surface area contributed by atoms with Crippen LogP contribution in [0.25, 0.3) is 0 Å². The van der Waals surface area contributed by atoms with E-state index < -0.39 is 0 Å². The Morgan fingerprint density at radius 3 is 2.04 bits per heavy atom. The minimum atomic E-state index is 0.380. The van der Waals surface area contributed by atoms with Crippen LogP contribution in [0.2, 0.25) is 0 Å². The number of pyridine rings is 2. The molecule has 5 heteroatoms. The summed E-state index contributed by atoms with van der Waals surface area (Å²) in [6.45, 7) is 6.66. The minimum absolute atomic E-state index is 0.380. The van der Waals surface area contributed by atoms with Gasteiger partial charge in [-0.1, -0.05) is 28.1 Å². The smallest absolute Gasteiger partial charge is 0.0544 e. The lowest BCUT2D eigenvalue weighted by Gasteiger charge is -2.24. The maximum absolute atomic E-state index is 4.50. The van der Waals surface area contributed by atoms with E-state index in [1.807, 2.05) is 36.7 Å². The van der Waals surface area contributed by atoms with Crippen LogP contribution in [0.1, 0.15) is 30.8 Å². The monoisotopic (exact) mass is 424 g/mol. The van der Waals surface area contributed by atoms with E-state index >= 15 is 0 Å². The van der Waals surface area contributed by atoms with Crippen LogP contribution in [0.3, 0.4) is 0 Å². The molecule has 0 fully saturated rings. The van der Waals surface area contributed by atoms with Crippen molar-refractivity contribution in [2.75, 3.05) is 5.32 Å². The summed E-state index contributed by atoms with van der Waals surface area (Å²) in [6, 6.07) is 18.9. The fraction of sp³-hybridized carbons (Fsp3) is 0.273. The summed E-state index contributed by atoms with van der Waals surface area (Å²) in [6.07, 6.45) is 3.69.